The number of benzene rings is 2. The van der Waals surface area contributed by atoms with Crippen LogP contribution in [0.1, 0.15) is 16.7 Å². The lowest BCUT2D eigenvalue weighted by Gasteiger charge is -2.36. The third-order valence-electron chi connectivity index (χ3n) is 4.92. The van der Waals surface area contributed by atoms with Gasteiger partial charge in [0.2, 0.25) is 10.0 Å². The lowest BCUT2D eigenvalue weighted by molar-refractivity contribution is 0.384. The van der Waals surface area contributed by atoms with Crippen LogP contribution in [0.3, 0.4) is 0 Å². The summed E-state index contributed by atoms with van der Waals surface area (Å²) in [6.07, 6.45) is 0. The first-order chi connectivity index (χ1) is 12.2. The fraction of sp³-hybridized carbons (Fsp3) is 0.368. The number of nitrogens with zero attached hydrogens (tertiary/aromatic N) is 2. The van der Waals surface area contributed by atoms with Crippen molar-refractivity contribution in [3.63, 3.8) is 0 Å². The number of anilines is 1. The van der Waals surface area contributed by atoms with Gasteiger partial charge in [-0.1, -0.05) is 35.3 Å². The summed E-state index contributed by atoms with van der Waals surface area (Å²) >= 11 is 12.4. The van der Waals surface area contributed by atoms with Crippen LogP contribution in [0.2, 0.25) is 10.0 Å². The molecule has 1 saturated heterocycles. The molecule has 2 aromatic rings. The van der Waals surface area contributed by atoms with Gasteiger partial charge in [-0.05, 0) is 55.7 Å². The van der Waals surface area contributed by atoms with Crippen LogP contribution in [0.15, 0.2) is 35.2 Å². The molecule has 2 aromatic carbocycles. The molecule has 0 unspecified atom stereocenters. The Bertz CT molecular complexity index is 937. The van der Waals surface area contributed by atoms with E-state index in [0.717, 1.165) is 22.4 Å². The Labute approximate surface area is 165 Å². The number of hydrogen-bond acceptors (Lipinski definition) is 3. The van der Waals surface area contributed by atoms with Crippen molar-refractivity contribution in [3.8, 4) is 0 Å². The maximum Gasteiger partial charge on any atom is 0.243 e. The summed E-state index contributed by atoms with van der Waals surface area (Å²) in [7, 11) is -3.51. The van der Waals surface area contributed by atoms with Crippen molar-refractivity contribution >= 4 is 38.9 Å². The molecule has 3 rings (SSSR count). The SMILES string of the molecule is Cc1cc(C)c(S(=O)(=O)N2CCN(c3cccc(Cl)c3Cl)CC2)cc1C. The fourth-order valence-electron chi connectivity index (χ4n) is 3.26. The zero-order valence-electron chi connectivity index (χ0n) is 15.1. The number of aryl methyl sites for hydroxylation is 3. The highest BCUT2D eigenvalue weighted by Crippen LogP contribution is 2.33. The predicted octanol–water partition coefficient (Wildman–Crippen LogP) is 4.43. The fourth-order valence-corrected chi connectivity index (χ4v) is 5.39. The topological polar surface area (TPSA) is 40.6 Å². The van der Waals surface area contributed by atoms with E-state index in [-0.39, 0.29) is 0 Å². The third-order valence-corrected chi connectivity index (χ3v) is 7.77. The number of halogens is 2. The van der Waals surface area contributed by atoms with Crippen molar-refractivity contribution in [2.45, 2.75) is 25.7 Å². The van der Waals surface area contributed by atoms with Crippen molar-refractivity contribution in [1.29, 1.82) is 0 Å². The molecular weight excluding hydrogens is 391 g/mol. The van der Waals surface area contributed by atoms with E-state index in [9.17, 15) is 8.42 Å². The summed E-state index contributed by atoms with van der Waals surface area (Å²) in [5.41, 5.74) is 3.72. The highest BCUT2D eigenvalue weighted by Gasteiger charge is 2.30. The minimum atomic E-state index is -3.51. The van der Waals surface area contributed by atoms with Gasteiger partial charge in [-0.15, -0.1) is 0 Å². The Balaban J connectivity index is 1.81. The third kappa shape index (κ3) is 3.58. The molecule has 7 heteroatoms. The molecule has 0 radical (unpaired) electrons. The molecule has 0 bridgehead atoms. The van der Waals surface area contributed by atoms with Crippen LogP contribution in [0.4, 0.5) is 5.69 Å². The van der Waals surface area contributed by atoms with Crippen molar-refractivity contribution in [3.05, 3.63) is 57.1 Å². The van der Waals surface area contributed by atoms with E-state index < -0.39 is 10.0 Å². The van der Waals surface area contributed by atoms with Gasteiger partial charge in [0.05, 0.1) is 20.6 Å². The molecule has 26 heavy (non-hydrogen) atoms. The molecule has 0 amide bonds. The van der Waals surface area contributed by atoms with Gasteiger partial charge in [0.15, 0.2) is 0 Å². The first-order valence-electron chi connectivity index (χ1n) is 8.49. The predicted molar refractivity (Wildman–Crippen MR) is 108 cm³/mol. The van der Waals surface area contributed by atoms with Gasteiger partial charge in [-0.25, -0.2) is 8.42 Å². The smallest absolute Gasteiger partial charge is 0.243 e. The summed E-state index contributed by atoms with van der Waals surface area (Å²) in [6, 6.07) is 9.22. The second-order valence-electron chi connectivity index (χ2n) is 6.67. The van der Waals surface area contributed by atoms with Crippen molar-refractivity contribution in [1.82, 2.24) is 4.31 Å². The van der Waals surface area contributed by atoms with E-state index >= 15 is 0 Å². The van der Waals surface area contributed by atoms with Crippen LogP contribution in [-0.2, 0) is 10.0 Å². The molecule has 0 N–H and O–H groups in total. The molecule has 0 spiro atoms. The van der Waals surface area contributed by atoms with Crippen LogP contribution < -0.4 is 4.90 Å². The Morgan fingerprint density at radius 3 is 2.15 bits per heavy atom. The van der Waals surface area contributed by atoms with Crippen LogP contribution in [-0.4, -0.2) is 38.9 Å². The van der Waals surface area contributed by atoms with E-state index in [2.05, 4.69) is 4.90 Å². The molecule has 0 atom stereocenters. The molecule has 1 aliphatic heterocycles. The zero-order valence-corrected chi connectivity index (χ0v) is 17.4. The maximum absolute atomic E-state index is 13.1. The van der Waals surface area contributed by atoms with Crippen molar-refractivity contribution in [2.75, 3.05) is 31.1 Å². The van der Waals surface area contributed by atoms with E-state index in [1.54, 1.807) is 16.4 Å². The summed E-state index contributed by atoms with van der Waals surface area (Å²) in [4.78, 5) is 2.47. The monoisotopic (exact) mass is 412 g/mol. The first-order valence-corrected chi connectivity index (χ1v) is 10.7. The molecule has 140 valence electrons. The Morgan fingerprint density at radius 1 is 0.885 bits per heavy atom. The number of sulfonamides is 1. The van der Waals surface area contributed by atoms with Gasteiger partial charge >= 0.3 is 0 Å². The van der Waals surface area contributed by atoms with Crippen LogP contribution >= 0.6 is 23.2 Å². The summed E-state index contributed by atoms with van der Waals surface area (Å²) < 4.78 is 27.7. The van der Waals surface area contributed by atoms with Gasteiger partial charge in [-0.2, -0.15) is 4.31 Å². The van der Waals surface area contributed by atoms with E-state index in [1.807, 2.05) is 39.0 Å². The normalized spacial score (nSPS) is 16.1. The average Bonchev–Trinajstić information content (AvgIpc) is 2.60. The zero-order chi connectivity index (χ0) is 19.1. The Morgan fingerprint density at radius 2 is 1.50 bits per heavy atom. The van der Waals surface area contributed by atoms with Crippen molar-refractivity contribution in [2.24, 2.45) is 0 Å². The van der Waals surface area contributed by atoms with E-state index in [0.29, 0.717) is 41.1 Å². The molecule has 0 aliphatic carbocycles. The second kappa shape index (κ2) is 7.39. The molecule has 1 heterocycles. The molecule has 4 nitrogen and oxygen atoms in total. The van der Waals surface area contributed by atoms with Crippen LogP contribution in [0.5, 0.6) is 0 Å². The Hall–Kier alpha value is -1.27. The first kappa shape index (κ1) is 19.5. The largest absolute Gasteiger partial charge is 0.368 e. The standard InChI is InChI=1S/C19H22Cl2N2O2S/c1-13-11-15(3)18(12-14(13)2)26(24,25)23-9-7-22(8-10-23)17-6-4-5-16(20)19(17)21/h4-6,11-12H,7-10H2,1-3H3. The Kier molecular flexibility index (Phi) is 5.54. The molecule has 0 saturated carbocycles. The average molecular weight is 413 g/mol. The van der Waals surface area contributed by atoms with E-state index in [4.69, 9.17) is 23.2 Å². The van der Waals surface area contributed by atoms with Crippen LogP contribution in [0, 0.1) is 20.8 Å². The molecule has 1 fully saturated rings. The quantitative estimate of drug-likeness (QED) is 0.748. The number of piperazine rings is 1. The van der Waals surface area contributed by atoms with Gasteiger partial charge < -0.3 is 4.90 Å². The summed E-state index contributed by atoms with van der Waals surface area (Å²) in [6.45, 7) is 7.75. The van der Waals surface area contributed by atoms with Gasteiger partial charge in [-0.3, -0.25) is 0 Å². The maximum atomic E-state index is 13.1. The highest BCUT2D eigenvalue weighted by atomic mass is 35.5. The summed E-state index contributed by atoms with van der Waals surface area (Å²) in [5.74, 6) is 0. The van der Waals surface area contributed by atoms with Gasteiger partial charge in [0.1, 0.15) is 0 Å². The minimum Gasteiger partial charge on any atom is -0.368 e. The lowest BCUT2D eigenvalue weighted by Crippen LogP contribution is -2.48. The van der Waals surface area contributed by atoms with E-state index in [1.165, 1.54) is 0 Å². The second-order valence-corrected chi connectivity index (χ2v) is 9.36. The summed E-state index contributed by atoms with van der Waals surface area (Å²) in [5, 5.41) is 1.01. The molecule has 1 aliphatic rings. The number of rotatable bonds is 3. The lowest BCUT2D eigenvalue weighted by atomic mass is 10.1. The molecular formula is C19H22Cl2N2O2S. The van der Waals surface area contributed by atoms with Crippen molar-refractivity contribution < 1.29 is 8.42 Å². The number of hydrogen-bond donors (Lipinski definition) is 0. The minimum absolute atomic E-state index is 0.398. The van der Waals surface area contributed by atoms with Gasteiger partial charge in [0.25, 0.3) is 0 Å². The molecule has 0 aromatic heterocycles. The van der Waals surface area contributed by atoms with Crippen LogP contribution in [0.25, 0.3) is 0 Å². The highest BCUT2D eigenvalue weighted by molar-refractivity contribution is 7.89. The van der Waals surface area contributed by atoms with Gasteiger partial charge in [0, 0.05) is 26.2 Å².